The largest absolute Gasteiger partial charge is 0.497 e. The standard InChI is InChI=1S/C19H24N4O2/c1-3-14-4-8-16(9-5-14)23-19(20)22-13-12-21-18(24)15-6-10-17(25-2)11-7-15/h4-11H,3,12-13H2,1-2H3,(H,21,24)(H3,20,22,23). The van der Waals surface area contributed by atoms with Crippen LogP contribution in [0.1, 0.15) is 22.8 Å². The number of carbonyl (C=O) groups excluding carboxylic acids is 1. The smallest absolute Gasteiger partial charge is 0.251 e. The van der Waals surface area contributed by atoms with Crippen LogP contribution in [0.4, 0.5) is 5.69 Å². The minimum atomic E-state index is -0.153. The molecule has 25 heavy (non-hydrogen) atoms. The number of hydrogen-bond donors (Lipinski definition) is 3. The molecule has 6 heteroatoms. The van der Waals surface area contributed by atoms with Gasteiger partial charge in [0, 0.05) is 17.8 Å². The normalized spacial score (nSPS) is 11.0. The second kappa shape index (κ2) is 9.32. The van der Waals surface area contributed by atoms with E-state index in [1.807, 2.05) is 24.3 Å². The lowest BCUT2D eigenvalue weighted by atomic mass is 10.1. The van der Waals surface area contributed by atoms with Gasteiger partial charge in [-0.15, -0.1) is 0 Å². The number of nitrogens with one attached hydrogen (secondary N) is 2. The van der Waals surface area contributed by atoms with Crippen molar-refractivity contribution in [1.29, 1.82) is 0 Å². The third-order valence-corrected chi connectivity index (χ3v) is 3.67. The zero-order valence-corrected chi connectivity index (χ0v) is 14.6. The summed E-state index contributed by atoms with van der Waals surface area (Å²) in [6.45, 7) is 2.91. The highest BCUT2D eigenvalue weighted by Crippen LogP contribution is 2.11. The number of ether oxygens (including phenoxy) is 1. The Kier molecular flexibility index (Phi) is 6.83. The fraction of sp³-hybridized carbons (Fsp3) is 0.263. The van der Waals surface area contributed by atoms with Gasteiger partial charge >= 0.3 is 0 Å². The van der Waals surface area contributed by atoms with Crippen molar-refractivity contribution in [1.82, 2.24) is 5.32 Å². The highest BCUT2D eigenvalue weighted by atomic mass is 16.5. The van der Waals surface area contributed by atoms with E-state index in [1.165, 1.54) is 5.56 Å². The SMILES string of the molecule is CCc1ccc(NC(N)=NCCNC(=O)c2ccc(OC)cc2)cc1. The highest BCUT2D eigenvalue weighted by Gasteiger charge is 2.04. The van der Waals surface area contributed by atoms with Gasteiger partial charge in [0.2, 0.25) is 0 Å². The molecule has 0 aromatic heterocycles. The number of aryl methyl sites for hydroxylation is 1. The van der Waals surface area contributed by atoms with E-state index in [1.54, 1.807) is 31.4 Å². The van der Waals surface area contributed by atoms with Gasteiger partial charge in [-0.3, -0.25) is 9.79 Å². The summed E-state index contributed by atoms with van der Waals surface area (Å²) in [6, 6.07) is 15.0. The van der Waals surface area contributed by atoms with Gasteiger partial charge in [0.05, 0.1) is 13.7 Å². The van der Waals surface area contributed by atoms with Crippen LogP contribution in [-0.2, 0) is 6.42 Å². The quantitative estimate of drug-likeness (QED) is 0.410. The molecule has 0 aliphatic carbocycles. The summed E-state index contributed by atoms with van der Waals surface area (Å²) < 4.78 is 5.07. The first kappa shape index (κ1) is 18.3. The average Bonchev–Trinajstić information content (AvgIpc) is 2.65. The Morgan fingerprint density at radius 2 is 1.80 bits per heavy atom. The molecule has 0 saturated carbocycles. The minimum absolute atomic E-state index is 0.153. The van der Waals surface area contributed by atoms with Gasteiger partial charge in [-0.25, -0.2) is 0 Å². The molecular formula is C19H24N4O2. The zero-order valence-electron chi connectivity index (χ0n) is 14.6. The van der Waals surface area contributed by atoms with E-state index in [0.29, 0.717) is 30.4 Å². The molecule has 0 heterocycles. The van der Waals surface area contributed by atoms with Gasteiger partial charge in [0.25, 0.3) is 5.91 Å². The van der Waals surface area contributed by atoms with Crippen LogP contribution in [0.2, 0.25) is 0 Å². The maximum absolute atomic E-state index is 12.0. The first-order valence-electron chi connectivity index (χ1n) is 8.20. The predicted molar refractivity (Wildman–Crippen MR) is 101 cm³/mol. The van der Waals surface area contributed by atoms with Crippen molar-refractivity contribution < 1.29 is 9.53 Å². The van der Waals surface area contributed by atoms with Crippen LogP contribution in [0.15, 0.2) is 53.5 Å². The fourth-order valence-electron chi connectivity index (χ4n) is 2.20. The second-order valence-corrected chi connectivity index (χ2v) is 5.43. The number of nitrogens with two attached hydrogens (primary N) is 1. The van der Waals surface area contributed by atoms with Gasteiger partial charge in [-0.1, -0.05) is 19.1 Å². The Morgan fingerprint density at radius 1 is 1.12 bits per heavy atom. The Morgan fingerprint density at radius 3 is 2.40 bits per heavy atom. The Hall–Kier alpha value is -3.02. The Labute approximate surface area is 148 Å². The van der Waals surface area contributed by atoms with Crippen molar-refractivity contribution in [3.63, 3.8) is 0 Å². The number of rotatable bonds is 7. The third-order valence-electron chi connectivity index (χ3n) is 3.67. The lowest BCUT2D eigenvalue weighted by Gasteiger charge is -2.07. The molecule has 0 aliphatic rings. The summed E-state index contributed by atoms with van der Waals surface area (Å²) in [4.78, 5) is 16.2. The van der Waals surface area contributed by atoms with E-state index >= 15 is 0 Å². The van der Waals surface area contributed by atoms with Crippen LogP contribution in [0, 0.1) is 0 Å². The summed E-state index contributed by atoms with van der Waals surface area (Å²) in [5, 5.41) is 5.83. The molecule has 6 nitrogen and oxygen atoms in total. The minimum Gasteiger partial charge on any atom is -0.497 e. The van der Waals surface area contributed by atoms with E-state index in [9.17, 15) is 4.79 Å². The molecular weight excluding hydrogens is 316 g/mol. The first-order chi connectivity index (χ1) is 12.1. The maximum Gasteiger partial charge on any atom is 0.251 e. The molecule has 0 bridgehead atoms. The van der Waals surface area contributed by atoms with Crippen LogP contribution >= 0.6 is 0 Å². The molecule has 0 radical (unpaired) electrons. The highest BCUT2D eigenvalue weighted by molar-refractivity contribution is 5.94. The number of benzene rings is 2. The van der Waals surface area contributed by atoms with E-state index in [0.717, 1.165) is 12.1 Å². The molecule has 1 amide bonds. The molecule has 0 unspecified atom stereocenters. The number of amides is 1. The van der Waals surface area contributed by atoms with E-state index in [4.69, 9.17) is 10.5 Å². The van der Waals surface area contributed by atoms with E-state index < -0.39 is 0 Å². The number of guanidine groups is 1. The number of hydrogen-bond acceptors (Lipinski definition) is 3. The summed E-state index contributed by atoms with van der Waals surface area (Å²) in [5.74, 6) is 0.884. The van der Waals surface area contributed by atoms with Crippen molar-refractivity contribution in [3.05, 3.63) is 59.7 Å². The molecule has 4 N–H and O–H groups in total. The fourth-order valence-corrected chi connectivity index (χ4v) is 2.20. The molecule has 0 spiro atoms. The van der Waals surface area contributed by atoms with Crippen molar-refractivity contribution in [3.8, 4) is 5.75 Å². The molecule has 2 aromatic carbocycles. The number of methoxy groups -OCH3 is 1. The number of nitrogens with zero attached hydrogens (tertiary/aromatic N) is 1. The van der Waals surface area contributed by atoms with Gasteiger partial charge < -0.3 is 21.1 Å². The molecule has 2 rings (SSSR count). The molecule has 2 aromatic rings. The Balaban J connectivity index is 1.76. The van der Waals surface area contributed by atoms with Gasteiger partial charge in [-0.05, 0) is 48.4 Å². The topological polar surface area (TPSA) is 88.7 Å². The van der Waals surface area contributed by atoms with Crippen molar-refractivity contribution in [2.45, 2.75) is 13.3 Å². The molecule has 0 atom stereocenters. The lowest BCUT2D eigenvalue weighted by Crippen LogP contribution is -2.28. The monoisotopic (exact) mass is 340 g/mol. The van der Waals surface area contributed by atoms with E-state index in [2.05, 4.69) is 22.5 Å². The summed E-state index contributed by atoms with van der Waals surface area (Å²) in [7, 11) is 1.59. The first-order valence-corrected chi connectivity index (χ1v) is 8.20. The van der Waals surface area contributed by atoms with Gasteiger partial charge in [0.1, 0.15) is 5.75 Å². The number of carbonyl (C=O) groups is 1. The Bertz CT molecular complexity index is 709. The van der Waals surface area contributed by atoms with E-state index in [-0.39, 0.29) is 5.91 Å². The number of aliphatic imine (C=N–C) groups is 1. The average molecular weight is 340 g/mol. The van der Waals surface area contributed by atoms with Crippen LogP contribution in [0.5, 0.6) is 5.75 Å². The summed E-state index contributed by atoms with van der Waals surface area (Å²) in [6.07, 6.45) is 0.998. The maximum atomic E-state index is 12.0. The predicted octanol–water partition coefficient (Wildman–Crippen LogP) is 2.41. The summed E-state index contributed by atoms with van der Waals surface area (Å²) in [5.41, 5.74) is 8.58. The van der Waals surface area contributed by atoms with Crippen molar-refractivity contribution in [2.75, 3.05) is 25.5 Å². The summed E-state index contributed by atoms with van der Waals surface area (Å²) >= 11 is 0. The van der Waals surface area contributed by atoms with Gasteiger partial charge in [-0.2, -0.15) is 0 Å². The molecule has 0 saturated heterocycles. The van der Waals surface area contributed by atoms with Crippen LogP contribution in [0.3, 0.4) is 0 Å². The third kappa shape index (κ3) is 5.84. The zero-order chi connectivity index (χ0) is 18.1. The molecule has 0 aliphatic heterocycles. The van der Waals surface area contributed by atoms with Crippen LogP contribution in [0.25, 0.3) is 0 Å². The van der Waals surface area contributed by atoms with Crippen molar-refractivity contribution >= 4 is 17.6 Å². The molecule has 132 valence electrons. The van der Waals surface area contributed by atoms with Crippen LogP contribution < -0.4 is 21.1 Å². The number of anilines is 1. The molecule has 0 fully saturated rings. The van der Waals surface area contributed by atoms with Crippen LogP contribution in [-0.4, -0.2) is 32.1 Å². The second-order valence-electron chi connectivity index (χ2n) is 5.43. The van der Waals surface area contributed by atoms with Gasteiger partial charge in [0.15, 0.2) is 5.96 Å². The van der Waals surface area contributed by atoms with Crippen molar-refractivity contribution in [2.24, 2.45) is 10.7 Å². The lowest BCUT2D eigenvalue weighted by molar-refractivity contribution is 0.0955.